The topological polar surface area (TPSA) is 68.8 Å². The lowest BCUT2D eigenvalue weighted by molar-refractivity contribution is -0.120. The number of ether oxygens (including phenoxy) is 3. The molecule has 0 saturated carbocycles. The number of thiol groups is 1. The molecular weight excluding hydrogens is 335 g/mol. The maximum absolute atomic E-state index is 13.5. The van der Waals surface area contributed by atoms with Gasteiger partial charge in [-0.25, -0.2) is 4.39 Å². The van der Waals surface area contributed by atoms with E-state index >= 15 is 0 Å². The molecule has 8 heteroatoms. The van der Waals surface area contributed by atoms with Crippen molar-refractivity contribution in [3.8, 4) is 0 Å². The predicted molar refractivity (Wildman–Crippen MR) is 96.5 cm³/mol. The van der Waals surface area contributed by atoms with E-state index in [4.69, 9.17) is 14.2 Å². The van der Waals surface area contributed by atoms with Crippen LogP contribution in [0.25, 0.3) is 0 Å². The summed E-state index contributed by atoms with van der Waals surface area (Å²) in [6.07, 6.45) is -1.38. The van der Waals surface area contributed by atoms with Crippen LogP contribution in [0, 0.1) is 0 Å². The summed E-state index contributed by atoms with van der Waals surface area (Å²) in [7, 11) is 0. The van der Waals surface area contributed by atoms with E-state index in [-0.39, 0.29) is 25.2 Å². The highest BCUT2D eigenvalue weighted by Gasteiger charge is 2.12. The number of hydrogen-bond acceptors (Lipinski definition) is 6. The highest BCUT2D eigenvalue weighted by molar-refractivity contribution is 7.81. The van der Waals surface area contributed by atoms with Crippen molar-refractivity contribution in [3.63, 3.8) is 0 Å². The molecule has 0 aromatic rings. The molecule has 0 spiro atoms. The van der Waals surface area contributed by atoms with Gasteiger partial charge in [-0.1, -0.05) is 13.8 Å². The van der Waals surface area contributed by atoms with Gasteiger partial charge < -0.3 is 24.8 Å². The summed E-state index contributed by atoms with van der Waals surface area (Å²) in [5.41, 5.74) is 0. The second kappa shape index (κ2) is 14.9. The van der Waals surface area contributed by atoms with E-state index in [0.29, 0.717) is 32.5 Å². The molecule has 2 N–H and O–H groups in total. The van der Waals surface area contributed by atoms with E-state index in [9.17, 15) is 9.18 Å². The van der Waals surface area contributed by atoms with Crippen LogP contribution in [-0.4, -0.2) is 75.6 Å². The highest BCUT2D eigenvalue weighted by atomic mass is 32.1. The Bertz CT molecular complexity index is 322. The first-order valence-corrected chi connectivity index (χ1v) is 8.94. The van der Waals surface area contributed by atoms with Crippen LogP contribution in [0.1, 0.15) is 27.7 Å². The van der Waals surface area contributed by atoms with Crippen LogP contribution in [0.2, 0.25) is 0 Å². The summed E-state index contributed by atoms with van der Waals surface area (Å²) in [5.74, 6) is -0.290. The molecule has 0 aromatic heterocycles. The molecule has 0 aromatic carbocycles. The first-order valence-electron chi connectivity index (χ1n) is 8.43. The molecule has 0 saturated heterocycles. The van der Waals surface area contributed by atoms with Gasteiger partial charge in [0.25, 0.3) is 0 Å². The van der Waals surface area contributed by atoms with E-state index in [0.717, 1.165) is 6.54 Å². The average Bonchev–Trinajstić information content (AvgIpc) is 2.51. The van der Waals surface area contributed by atoms with Crippen LogP contribution in [0.4, 0.5) is 4.39 Å². The Morgan fingerprint density at radius 3 is 2.42 bits per heavy atom. The monoisotopic (exact) mass is 368 g/mol. The number of rotatable bonds is 15. The largest absolute Gasteiger partial charge is 0.378 e. The van der Waals surface area contributed by atoms with Crippen LogP contribution in [0.15, 0.2) is 0 Å². The van der Waals surface area contributed by atoms with Crippen LogP contribution in [-0.2, 0) is 19.0 Å². The van der Waals surface area contributed by atoms with Gasteiger partial charge in [-0.05, 0) is 13.8 Å². The molecule has 0 rings (SSSR count). The van der Waals surface area contributed by atoms with Crippen molar-refractivity contribution in [1.82, 2.24) is 10.6 Å². The van der Waals surface area contributed by atoms with Gasteiger partial charge in [0.1, 0.15) is 6.17 Å². The lowest BCUT2D eigenvalue weighted by Gasteiger charge is -2.16. The third kappa shape index (κ3) is 15.1. The second-order valence-electron chi connectivity index (χ2n) is 5.96. The molecule has 0 fully saturated rings. The van der Waals surface area contributed by atoms with Crippen molar-refractivity contribution < 1.29 is 23.4 Å². The van der Waals surface area contributed by atoms with Gasteiger partial charge >= 0.3 is 0 Å². The van der Waals surface area contributed by atoms with Crippen LogP contribution in [0.3, 0.4) is 0 Å². The molecule has 144 valence electrons. The molecular formula is C16H33FN2O4S. The molecule has 0 bridgehead atoms. The lowest BCUT2D eigenvalue weighted by atomic mass is 10.3. The van der Waals surface area contributed by atoms with Gasteiger partial charge in [0, 0.05) is 12.6 Å². The minimum absolute atomic E-state index is 0.0722. The molecule has 0 heterocycles. The zero-order valence-electron chi connectivity index (χ0n) is 15.2. The Balaban J connectivity index is 3.45. The minimum Gasteiger partial charge on any atom is -0.378 e. The van der Waals surface area contributed by atoms with Crippen molar-refractivity contribution in [2.24, 2.45) is 0 Å². The Morgan fingerprint density at radius 1 is 1.08 bits per heavy atom. The Morgan fingerprint density at radius 2 is 1.79 bits per heavy atom. The van der Waals surface area contributed by atoms with Crippen LogP contribution < -0.4 is 10.6 Å². The van der Waals surface area contributed by atoms with Crippen molar-refractivity contribution >= 4 is 18.5 Å². The molecule has 0 aliphatic carbocycles. The lowest BCUT2D eigenvalue weighted by Crippen LogP contribution is -2.36. The minimum atomic E-state index is -1.25. The number of amides is 1. The molecule has 6 nitrogen and oxygen atoms in total. The van der Waals surface area contributed by atoms with Crippen molar-refractivity contribution in [3.05, 3.63) is 0 Å². The van der Waals surface area contributed by atoms with Gasteiger partial charge in [-0.15, -0.1) is 0 Å². The van der Waals surface area contributed by atoms with E-state index in [1.807, 2.05) is 6.92 Å². The van der Waals surface area contributed by atoms with E-state index < -0.39 is 11.4 Å². The molecule has 3 atom stereocenters. The summed E-state index contributed by atoms with van der Waals surface area (Å²) < 4.78 is 29.7. The summed E-state index contributed by atoms with van der Waals surface area (Å²) >= 11 is 3.96. The number of halogens is 1. The molecule has 24 heavy (non-hydrogen) atoms. The van der Waals surface area contributed by atoms with E-state index in [1.54, 1.807) is 6.92 Å². The summed E-state index contributed by atoms with van der Waals surface area (Å²) in [4.78, 5) is 11.2. The van der Waals surface area contributed by atoms with Gasteiger partial charge in [0.05, 0.1) is 50.9 Å². The Kier molecular flexibility index (Phi) is 14.6. The number of nitrogens with one attached hydrogen (secondary N) is 2. The van der Waals surface area contributed by atoms with E-state index in [1.165, 1.54) is 0 Å². The van der Waals surface area contributed by atoms with Crippen molar-refractivity contribution in [1.29, 1.82) is 0 Å². The normalized spacial score (nSPS) is 15.3. The van der Waals surface area contributed by atoms with Crippen molar-refractivity contribution in [2.45, 2.75) is 51.3 Å². The molecule has 0 aliphatic heterocycles. The smallest absolute Gasteiger partial charge is 0.232 e. The molecule has 0 radical (unpaired) electrons. The predicted octanol–water partition coefficient (Wildman–Crippen LogP) is 1.20. The Hall–Kier alpha value is -0.410. The molecule has 1 amide bonds. The number of carbonyl (C=O) groups excluding carboxylic acids is 1. The summed E-state index contributed by atoms with van der Waals surface area (Å²) in [6, 6.07) is 0.455. The van der Waals surface area contributed by atoms with Gasteiger partial charge in [-0.3, -0.25) is 4.79 Å². The number of alkyl halides is 1. The summed E-state index contributed by atoms with van der Waals surface area (Å²) in [6.45, 7) is 10.3. The molecule has 0 aliphatic rings. The fourth-order valence-corrected chi connectivity index (χ4v) is 1.75. The zero-order valence-corrected chi connectivity index (χ0v) is 16.1. The SMILES string of the molecule is CC(C)NCCOCCOC(C)COCC(F)CNC(=O)C(C)S. The zero-order chi connectivity index (χ0) is 18.4. The quantitative estimate of drug-likeness (QED) is 0.299. The van der Waals surface area contributed by atoms with Gasteiger partial charge in [-0.2, -0.15) is 12.6 Å². The maximum Gasteiger partial charge on any atom is 0.232 e. The number of hydrogen-bond donors (Lipinski definition) is 3. The van der Waals surface area contributed by atoms with Crippen LogP contribution >= 0.6 is 12.6 Å². The standard InChI is InChI=1S/C16H33FN2O4S/c1-12(2)18-5-6-21-7-8-23-13(3)10-22-11-15(17)9-19-16(20)14(4)24/h12-15,18,24H,5-11H2,1-4H3,(H,19,20). The Labute approximate surface area is 150 Å². The summed E-state index contributed by atoms with van der Waals surface area (Å²) in [5, 5.41) is 5.27. The third-order valence-electron chi connectivity index (χ3n) is 2.96. The highest BCUT2D eigenvalue weighted by Crippen LogP contribution is 1.97. The first kappa shape index (κ1) is 23.6. The van der Waals surface area contributed by atoms with Gasteiger partial charge in [0.2, 0.25) is 5.91 Å². The van der Waals surface area contributed by atoms with Gasteiger partial charge in [0.15, 0.2) is 0 Å². The van der Waals surface area contributed by atoms with Crippen molar-refractivity contribution in [2.75, 3.05) is 46.1 Å². The third-order valence-corrected chi connectivity index (χ3v) is 3.19. The first-order chi connectivity index (χ1) is 11.3. The average molecular weight is 369 g/mol. The second-order valence-corrected chi connectivity index (χ2v) is 6.73. The fourth-order valence-electron chi connectivity index (χ4n) is 1.66. The molecule has 3 unspecified atom stereocenters. The van der Waals surface area contributed by atoms with Crippen LogP contribution in [0.5, 0.6) is 0 Å². The van der Waals surface area contributed by atoms with E-state index in [2.05, 4.69) is 37.1 Å². The maximum atomic E-state index is 13.5. The fraction of sp³-hybridized carbons (Fsp3) is 0.938. The number of carbonyl (C=O) groups is 1.